The maximum absolute atomic E-state index is 13.7. The fourth-order valence-corrected chi connectivity index (χ4v) is 2.56. The topological polar surface area (TPSA) is 48.1 Å². The van der Waals surface area contributed by atoms with Crippen LogP contribution in [-0.2, 0) is 0 Å². The monoisotopic (exact) mass is 261 g/mol. The lowest BCUT2D eigenvalue weighted by atomic mass is 10.1. The van der Waals surface area contributed by atoms with E-state index in [9.17, 15) is 9.18 Å². The van der Waals surface area contributed by atoms with Gasteiger partial charge in [-0.3, -0.25) is 4.79 Å². The van der Waals surface area contributed by atoms with Crippen molar-refractivity contribution < 1.29 is 9.18 Å². The summed E-state index contributed by atoms with van der Waals surface area (Å²) >= 11 is 0. The van der Waals surface area contributed by atoms with Crippen molar-refractivity contribution in [1.29, 1.82) is 0 Å². The van der Waals surface area contributed by atoms with Gasteiger partial charge in [0.1, 0.15) is 11.5 Å². The molecule has 19 heavy (non-hydrogen) atoms. The van der Waals surface area contributed by atoms with Gasteiger partial charge in [-0.25, -0.2) is 4.39 Å². The smallest absolute Gasteiger partial charge is 0.270 e. The van der Waals surface area contributed by atoms with Crippen LogP contribution in [0.25, 0.3) is 10.9 Å². The minimum absolute atomic E-state index is 0.0467. The van der Waals surface area contributed by atoms with Crippen molar-refractivity contribution in [3.05, 3.63) is 35.3 Å². The molecule has 1 saturated heterocycles. The third-order valence-corrected chi connectivity index (χ3v) is 3.66. The first-order chi connectivity index (χ1) is 9.18. The molecule has 3 rings (SSSR count). The molecule has 0 unspecified atom stereocenters. The van der Waals surface area contributed by atoms with Crippen LogP contribution in [0, 0.1) is 12.7 Å². The summed E-state index contributed by atoms with van der Waals surface area (Å²) in [5.41, 5.74) is 1.73. The van der Waals surface area contributed by atoms with E-state index in [1.807, 2.05) is 13.0 Å². The Bertz CT molecular complexity index is 629. The Balaban J connectivity index is 2.02. The standard InChI is InChI=1S/C14H16FN3O/c1-9-10-3-2-4-11(15)13(10)17-12(9)14(19)18-7-5-16-6-8-18/h2-4,16-17H,5-8H2,1H3. The van der Waals surface area contributed by atoms with Gasteiger partial charge in [0.2, 0.25) is 0 Å². The predicted molar refractivity (Wildman–Crippen MR) is 71.8 cm³/mol. The molecule has 2 N–H and O–H groups in total. The van der Waals surface area contributed by atoms with Crippen molar-refractivity contribution in [3.8, 4) is 0 Å². The molecule has 2 aromatic rings. The van der Waals surface area contributed by atoms with Crippen molar-refractivity contribution in [2.24, 2.45) is 0 Å². The molecule has 0 bridgehead atoms. The molecule has 1 aliphatic heterocycles. The van der Waals surface area contributed by atoms with E-state index in [1.54, 1.807) is 11.0 Å². The Morgan fingerprint density at radius 1 is 1.32 bits per heavy atom. The van der Waals surface area contributed by atoms with Gasteiger partial charge in [0.05, 0.1) is 5.52 Å². The number of aromatic amines is 1. The number of nitrogens with one attached hydrogen (secondary N) is 2. The van der Waals surface area contributed by atoms with Gasteiger partial charge in [0.25, 0.3) is 5.91 Å². The summed E-state index contributed by atoms with van der Waals surface area (Å²) in [5, 5.41) is 3.98. The van der Waals surface area contributed by atoms with Crippen LogP contribution in [0.4, 0.5) is 4.39 Å². The second kappa shape index (κ2) is 4.66. The molecule has 100 valence electrons. The molecule has 0 aliphatic carbocycles. The number of hydrogen-bond acceptors (Lipinski definition) is 2. The van der Waals surface area contributed by atoms with Gasteiger partial charge < -0.3 is 15.2 Å². The van der Waals surface area contributed by atoms with E-state index < -0.39 is 0 Å². The van der Waals surface area contributed by atoms with Crippen molar-refractivity contribution in [2.75, 3.05) is 26.2 Å². The molecular formula is C14H16FN3O. The van der Waals surface area contributed by atoms with Crippen LogP contribution in [-0.4, -0.2) is 42.0 Å². The Morgan fingerprint density at radius 3 is 2.74 bits per heavy atom. The van der Waals surface area contributed by atoms with Crippen LogP contribution < -0.4 is 5.32 Å². The quantitative estimate of drug-likeness (QED) is 0.820. The van der Waals surface area contributed by atoms with Crippen molar-refractivity contribution >= 4 is 16.8 Å². The minimum Gasteiger partial charge on any atom is -0.348 e. The maximum atomic E-state index is 13.7. The summed E-state index contributed by atoms with van der Waals surface area (Å²) in [6.45, 7) is 4.85. The molecule has 1 aliphatic rings. The second-order valence-electron chi connectivity index (χ2n) is 4.83. The highest BCUT2D eigenvalue weighted by atomic mass is 19.1. The van der Waals surface area contributed by atoms with E-state index in [0.29, 0.717) is 24.3 Å². The van der Waals surface area contributed by atoms with E-state index in [-0.39, 0.29) is 11.7 Å². The number of amides is 1. The van der Waals surface area contributed by atoms with Crippen LogP contribution in [0.5, 0.6) is 0 Å². The molecule has 1 amide bonds. The van der Waals surface area contributed by atoms with E-state index >= 15 is 0 Å². The van der Waals surface area contributed by atoms with Gasteiger partial charge in [-0.2, -0.15) is 0 Å². The number of benzene rings is 1. The van der Waals surface area contributed by atoms with Gasteiger partial charge in [-0.15, -0.1) is 0 Å². The minimum atomic E-state index is -0.319. The molecule has 1 fully saturated rings. The zero-order valence-electron chi connectivity index (χ0n) is 10.8. The molecular weight excluding hydrogens is 245 g/mol. The fourth-order valence-electron chi connectivity index (χ4n) is 2.56. The lowest BCUT2D eigenvalue weighted by Crippen LogP contribution is -2.46. The number of halogens is 1. The average molecular weight is 261 g/mol. The molecule has 2 heterocycles. The summed E-state index contributed by atoms with van der Waals surface area (Å²) in [6, 6.07) is 4.90. The third kappa shape index (κ3) is 2.00. The van der Waals surface area contributed by atoms with E-state index in [0.717, 1.165) is 24.0 Å². The lowest BCUT2D eigenvalue weighted by Gasteiger charge is -2.27. The first-order valence-electron chi connectivity index (χ1n) is 6.45. The van der Waals surface area contributed by atoms with E-state index in [2.05, 4.69) is 10.3 Å². The number of H-pyrrole nitrogens is 1. The fraction of sp³-hybridized carbons (Fsp3) is 0.357. The molecule has 1 aromatic heterocycles. The third-order valence-electron chi connectivity index (χ3n) is 3.66. The Kier molecular flexibility index (Phi) is 2.98. The number of aromatic nitrogens is 1. The number of rotatable bonds is 1. The highest BCUT2D eigenvalue weighted by molar-refractivity contribution is 6.01. The number of aryl methyl sites for hydroxylation is 1. The first-order valence-corrected chi connectivity index (χ1v) is 6.45. The molecule has 5 heteroatoms. The van der Waals surface area contributed by atoms with Crippen LogP contribution in [0.15, 0.2) is 18.2 Å². The average Bonchev–Trinajstić information content (AvgIpc) is 2.78. The molecule has 4 nitrogen and oxygen atoms in total. The highest BCUT2D eigenvalue weighted by Crippen LogP contribution is 2.24. The van der Waals surface area contributed by atoms with Gasteiger partial charge in [-0.05, 0) is 18.6 Å². The second-order valence-corrected chi connectivity index (χ2v) is 4.83. The molecule has 0 saturated carbocycles. The van der Waals surface area contributed by atoms with Crippen molar-refractivity contribution in [1.82, 2.24) is 15.2 Å². The molecule has 0 atom stereocenters. The summed E-state index contributed by atoms with van der Waals surface area (Å²) in [7, 11) is 0. The number of fused-ring (bicyclic) bond motifs is 1. The van der Waals surface area contributed by atoms with E-state index in [4.69, 9.17) is 0 Å². The van der Waals surface area contributed by atoms with Crippen molar-refractivity contribution in [3.63, 3.8) is 0 Å². The molecule has 0 spiro atoms. The number of para-hydroxylation sites is 1. The van der Waals surface area contributed by atoms with Crippen LogP contribution in [0.3, 0.4) is 0 Å². The molecule has 1 aromatic carbocycles. The molecule has 0 radical (unpaired) electrons. The van der Waals surface area contributed by atoms with Gasteiger partial charge in [0, 0.05) is 31.6 Å². The summed E-state index contributed by atoms with van der Waals surface area (Å²) in [6.07, 6.45) is 0. The zero-order valence-corrected chi connectivity index (χ0v) is 10.8. The Morgan fingerprint density at radius 2 is 2.05 bits per heavy atom. The van der Waals surface area contributed by atoms with Crippen molar-refractivity contribution in [2.45, 2.75) is 6.92 Å². The van der Waals surface area contributed by atoms with Gasteiger partial charge in [0.15, 0.2) is 0 Å². The predicted octanol–water partition coefficient (Wildman–Crippen LogP) is 1.66. The highest BCUT2D eigenvalue weighted by Gasteiger charge is 2.22. The Labute approximate surface area is 110 Å². The van der Waals surface area contributed by atoms with Gasteiger partial charge in [-0.1, -0.05) is 12.1 Å². The maximum Gasteiger partial charge on any atom is 0.270 e. The summed E-state index contributed by atoms with van der Waals surface area (Å²) < 4.78 is 13.7. The number of hydrogen-bond donors (Lipinski definition) is 2. The number of carbonyl (C=O) groups is 1. The zero-order chi connectivity index (χ0) is 13.4. The normalized spacial score (nSPS) is 16.0. The Hall–Kier alpha value is -1.88. The summed E-state index contributed by atoms with van der Waals surface area (Å²) in [5.74, 6) is -0.366. The number of nitrogens with zero attached hydrogens (tertiary/aromatic N) is 1. The largest absolute Gasteiger partial charge is 0.348 e. The first kappa shape index (κ1) is 12.2. The van der Waals surface area contributed by atoms with Gasteiger partial charge >= 0.3 is 0 Å². The van der Waals surface area contributed by atoms with Crippen LogP contribution in [0.1, 0.15) is 16.1 Å². The number of piperazine rings is 1. The summed E-state index contributed by atoms with van der Waals surface area (Å²) in [4.78, 5) is 17.2. The van der Waals surface area contributed by atoms with Crippen LogP contribution in [0.2, 0.25) is 0 Å². The van der Waals surface area contributed by atoms with E-state index in [1.165, 1.54) is 6.07 Å². The van der Waals surface area contributed by atoms with Crippen LogP contribution >= 0.6 is 0 Å². The lowest BCUT2D eigenvalue weighted by molar-refractivity contribution is 0.0730. The SMILES string of the molecule is Cc1c(C(=O)N2CCNCC2)[nH]c2c(F)cccc12. The number of carbonyl (C=O) groups excluding carboxylic acids is 1.